The SMILES string of the molecule is CN=C(NCCCC1CCCC1)NC1CCN(C(C)C)CC1.I. The zero-order chi connectivity index (χ0) is 15.8. The molecule has 23 heavy (non-hydrogen) atoms. The highest BCUT2D eigenvalue weighted by atomic mass is 127. The van der Waals surface area contributed by atoms with Crippen LogP contribution in [0.15, 0.2) is 4.99 Å². The minimum Gasteiger partial charge on any atom is -0.356 e. The largest absolute Gasteiger partial charge is 0.356 e. The van der Waals surface area contributed by atoms with Crippen LogP contribution in [0.25, 0.3) is 0 Å². The van der Waals surface area contributed by atoms with Crippen molar-refractivity contribution >= 4 is 29.9 Å². The summed E-state index contributed by atoms with van der Waals surface area (Å²) in [6.07, 6.45) is 10.9. The van der Waals surface area contributed by atoms with Crippen molar-refractivity contribution in [2.75, 3.05) is 26.7 Å². The van der Waals surface area contributed by atoms with Gasteiger partial charge >= 0.3 is 0 Å². The number of aliphatic imine (C=N–C) groups is 1. The fraction of sp³-hybridized carbons (Fsp3) is 0.944. The minimum absolute atomic E-state index is 0. The number of nitrogens with one attached hydrogen (secondary N) is 2. The summed E-state index contributed by atoms with van der Waals surface area (Å²) in [6.45, 7) is 8.04. The first-order valence-electron chi connectivity index (χ1n) is 9.40. The van der Waals surface area contributed by atoms with Crippen LogP contribution in [0.1, 0.15) is 65.2 Å². The lowest BCUT2D eigenvalue weighted by molar-refractivity contribution is 0.167. The van der Waals surface area contributed by atoms with Crippen molar-refractivity contribution < 1.29 is 0 Å². The fourth-order valence-electron chi connectivity index (χ4n) is 3.84. The number of halogens is 1. The summed E-state index contributed by atoms with van der Waals surface area (Å²) < 4.78 is 0. The Morgan fingerprint density at radius 2 is 1.78 bits per heavy atom. The highest BCUT2D eigenvalue weighted by Crippen LogP contribution is 2.28. The molecule has 0 amide bonds. The molecule has 136 valence electrons. The second-order valence-corrected chi connectivity index (χ2v) is 7.34. The summed E-state index contributed by atoms with van der Waals surface area (Å²) >= 11 is 0. The molecule has 1 saturated carbocycles. The van der Waals surface area contributed by atoms with E-state index in [-0.39, 0.29) is 24.0 Å². The minimum atomic E-state index is 0. The predicted octanol–water partition coefficient (Wildman–Crippen LogP) is 3.61. The molecule has 0 atom stereocenters. The monoisotopic (exact) mass is 436 g/mol. The molecule has 1 aliphatic heterocycles. The second-order valence-electron chi connectivity index (χ2n) is 7.34. The van der Waals surface area contributed by atoms with Crippen LogP contribution in [0.4, 0.5) is 0 Å². The van der Waals surface area contributed by atoms with Gasteiger partial charge < -0.3 is 15.5 Å². The average Bonchev–Trinajstić information content (AvgIpc) is 3.04. The number of hydrogen-bond donors (Lipinski definition) is 2. The van der Waals surface area contributed by atoms with Gasteiger partial charge in [0.2, 0.25) is 0 Å². The van der Waals surface area contributed by atoms with Gasteiger partial charge in [0.25, 0.3) is 0 Å². The van der Waals surface area contributed by atoms with Crippen LogP contribution in [0.3, 0.4) is 0 Å². The van der Waals surface area contributed by atoms with E-state index in [1.54, 1.807) is 0 Å². The summed E-state index contributed by atoms with van der Waals surface area (Å²) in [5, 5.41) is 7.11. The molecule has 1 saturated heterocycles. The molecule has 2 N–H and O–H groups in total. The molecule has 2 fully saturated rings. The summed E-state index contributed by atoms with van der Waals surface area (Å²) in [7, 11) is 1.88. The lowest BCUT2D eigenvalue weighted by Gasteiger charge is -2.35. The standard InChI is InChI=1S/C18H36N4.HI/c1-15(2)22-13-10-17(11-14-22)21-18(19-3)20-12-6-9-16-7-4-5-8-16;/h15-17H,4-14H2,1-3H3,(H2,19,20,21);1H. The molecule has 5 heteroatoms. The normalized spacial score (nSPS) is 21.5. The van der Waals surface area contributed by atoms with E-state index in [0.29, 0.717) is 12.1 Å². The molecule has 0 spiro atoms. The third kappa shape index (κ3) is 7.59. The van der Waals surface area contributed by atoms with Crippen molar-refractivity contribution in [1.29, 1.82) is 0 Å². The Hall–Kier alpha value is -0.0400. The maximum Gasteiger partial charge on any atom is 0.191 e. The van der Waals surface area contributed by atoms with Gasteiger partial charge in [0.05, 0.1) is 0 Å². The van der Waals surface area contributed by atoms with Crippen LogP contribution in [0.5, 0.6) is 0 Å². The second kappa shape index (κ2) is 11.5. The first kappa shape index (κ1) is 21.0. The maximum absolute atomic E-state index is 4.39. The summed E-state index contributed by atoms with van der Waals surface area (Å²) in [4.78, 5) is 6.95. The Balaban J connectivity index is 0.00000264. The molecule has 0 radical (unpaired) electrons. The summed E-state index contributed by atoms with van der Waals surface area (Å²) in [5.41, 5.74) is 0. The number of nitrogens with zero attached hydrogens (tertiary/aromatic N) is 2. The first-order valence-corrected chi connectivity index (χ1v) is 9.40. The third-order valence-electron chi connectivity index (χ3n) is 5.38. The third-order valence-corrected chi connectivity index (χ3v) is 5.38. The van der Waals surface area contributed by atoms with E-state index in [9.17, 15) is 0 Å². The zero-order valence-corrected chi connectivity index (χ0v) is 17.6. The lowest BCUT2D eigenvalue weighted by Crippen LogP contribution is -2.50. The van der Waals surface area contributed by atoms with Crippen molar-refractivity contribution in [2.45, 2.75) is 77.3 Å². The molecule has 2 rings (SSSR count). The quantitative estimate of drug-likeness (QED) is 0.289. The Kier molecular flexibility index (Phi) is 10.5. The van der Waals surface area contributed by atoms with Gasteiger partial charge in [-0.05, 0) is 45.4 Å². The Morgan fingerprint density at radius 1 is 1.13 bits per heavy atom. The number of rotatable bonds is 6. The first-order chi connectivity index (χ1) is 10.7. The number of hydrogen-bond acceptors (Lipinski definition) is 2. The van der Waals surface area contributed by atoms with Crippen molar-refractivity contribution in [2.24, 2.45) is 10.9 Å². The van der Waals surface area contributed by atoms with Crippen LogP contribution < -0.4 is 10.6 Å². The smallest absolute Gasteiger partial charge is 0.191 e. The van der Waals surface area contributed by atoms with E-state index in [1.165, 1.54) is 64.5 Å². The van der Waals surface area contributed by atoms with Crippen molar-refractivity contribution in [3.8, 4) is 0 Å². The average molecular weight is 436 g/mol. The molecule has 0 unspecified atom stereocenters. The van der Waals surface area contributed by atoms with Gasteiger partial charge in [0.1, 0.15) is 0 Å². The van der Waals surface area contributed by atoms with Crippen LogP contribution >= 0.6 is 24.0 Å². The van der Waals surface area contributed by atoms with Crippen LogP contribution in [0, 0.1) is 5.92 Å². The number of piperidine rings is 1. The maximum atomic E-state index is 4.39. The van der Waals surface area contributed by atoms with Gasteiger partial charge in [-0.15, -0.1) is 24.0 Å². The molecule has 0 bridgehead atoms. The molecular weight excluding hydrogens is 399 g/mol. The fourth-order valence-corrected chi connectivity index (χ4v) is 3.84. The van der Waals surface area contributed by atoms with Gasteiger partial charge in [0.15, 0.2) is 5.96 Å². The molecule has 0 aromatic carbocycles. The van der Waals surface area contributed by atoms with E-state index in [0.717, 1.165) is 18.4 Å². The van der Waals surface area contributed by atoms with E-state index in [2.05, 4.69) is 34.4 Å². The Morgan fingerprint density at radius 3 is 2.35 bits per heavy atom. The highest BCUT2D eigenvalue weighted by molar-refractivity contribution is 14.0. The topological polar surface area (TPSA) is 39.7 Å². The highest BCUT2D eigenvalue weighted by Gasteiger charge is 2.21. The molecule has 1 aliphatic carbocycles. The summed E-state index contributed by atoms with van der Waals surface area (Å²) in [5.74, 6) is 1.99. The van der Waals surface area contributed by atoms with Gasteiger partial charge in [-0.1, -0.05) is 25.7 Å². The van der Waals surface area contributed by atoms with Gasteiger partial charge in [-0.2, -0.15) is 0 Å². The molecule has 1 heterocycles. The Labute approximate surface area is 160 Å². The van der Waals surface area contributed by atoms with Gasteiger partial charge in [-0.3, -0.25) is 4.99 Å². The molecule has 2 aliphatic rings. The van der Waals surface area contributed by atoms with E-state index in [4.69, 9.17) is 0 Å². The summed E-state index contributed by atoms with van der Waals surface area (Å²) in [6, 6.07) is 1.25. The van der Waals surface area contributed by atoms with Crippen LogP contribution in [-0.2, 0) is 0 Å². The van der Waals surface area contributed by atoms with E-state index in [1.807, 2.05) is 7.05 Å². The number of guanidine groups is 1. The van der Waals surface area contributed by atoms with Crippen molar-refractivity contribution in [3.05, 3.63) is 0 Å². The van der Waals surface area contributed by atoms with E-state index >= 15 is 0 Å². The van der Waals surface area contributed by atoms with Gasteiger partial charge in [-0.25, -0.2) is 0 Å². The Bertz CT molecular complexity index is 332. The van der Waals surface area contributed by atoms with Crippen LogP contribution in [-0.4, -0.2) is 49.6 Å². The zero-order valence-electron chi connectivity index (χ0n) is 15.3. The molecule has 0 aromatic rings. The van der Waals surface area contributed by atoms with Crippen molar-refractivity contribution in [3.63, 3.8) is 0 Å². The predicted molar refractivity (Wildman–Crippen MR) is 111 cm³/mol. The molecule has 0 aromatic heterocycles. The van der Waals surface area contributed by atoms with Crippen LogP contribution in [0.2, 0.25) is 0 Å². The van der Waals surface area contributed by atoms with E-state index < -0.39 is 0 Å². The van der Waals surface area contributed by atoms with Crippen molar-refractivity contribution in [1.82, 2.24) is 15.5 Å². The number of likely N-dealkylation sites (tertiary alicyclic amines) is 1. The lowest BCUT2D eigenvalue weighted by atomic mass is 10.0. The molecular formula is C18H37IN4. The van der Waals surface area contributed by atoms with Gasteiger partial charge in [0, 0.05) is 38.8 Å². The molecule has 4 nitrogen and oxygen atoms in total.